The Morgan fingerprint density at radius 2 is 2.00 bits per heavy atom. The minimum absolute atomic E-state index is 0.170. The third-order valence-electron chi connectivity index (χ3n) is 2.56. The minimum atomic E-state index is 0.170. The van der Waals surface area contributed by atoms with Gasteiger partial charge >= 0.3 is 0 Å². The molecule has 94 valence electrons. The SMILES string of the molecule is Clc1ccc(C(Br)Cc2ccncc2Cl)c(Br)c1. The quantitative estimate of drug-likeness (QED) is 0.581. The standard InChI is InChI=1S/C13H9Br2Cl2N/c14-11(5-8-3-4-18-7-13(8)17)10-2-1-9(16)6-12(10)15/h1-4,6-7,11H,5H2. The van der Waals surface area contributed by atoms with Crippen molar-refractivity contribution in [2.45, 2.75) is 11.2 Å². The van der Waals surface area contributed by atoms with Gasteiger partial charge in [-0.15, -0.1) is 0 Å². The van der Waals surface area contributed by atoms with Crippen molar-refractivity contribution in [3.63, 3.8) is 0 Å². The van der Waals surface area contributed by atoms with Gasteiger partial charge in [0, 0.05) is 26.7 Å². The van der Waals surface area contributed by atoms with Gasteiger partial charge in [-0.1, -0.05) is 61.1 Å². The first-order valence-corrected chi connectivity index (χ1v) is 7.72. The molecule has 0 radical (unpaired) electrons. The van der Waals surface area contributed by atoms with Gasteiger partial charge in [-0.05, 0) is 35.7 Å². The van der Waals surface area contributed by atoms with Crippen LogP contribution >= 0.6 is 55.1 Å². The summed E-state index contributed by atoms with van der Waals surface area (Å²) >= 11 is 19.2. The van der Waals surface area contributed by atoms with Crippen LogP contribution in [0.1, 0.15) is 16.0 Å². The maximum absolute atomic E-state index is 6.10. The lowest BCUT2D eigenvalue weighted by Crippen LogP contribution is -1.97. The van der Waals surface area contributed by atoms with Gasteiger partial charge in [0.1, 0.15) is 0 Å². The predicted molar refractivity (Wildman–Crippen MR) is 83.8 cm³/mol. The fraction of sp³-hybridized carbons (Fsp3) is 0.154. The van der Waals surface area contributed by atoms with Crippen molar-refractivity contribution in [1.29, 1.82) is 0 Å². The highest BCUT2D eigenvalue weighted by molar-refractivity contribution is 9.11. The van der Waals surface area contributed by atoms with Crippen molar-refractivity contribution < 1.29 is 0 Å². The van der Waals surface area contributed by atoms with Crippen molar-refractivity contribution in [2.75, 3.05) is 0 Å². The smallest absolute Gasteiger partial charge is 0.0621 e. The monoisotopic (exact) mass is 407 g/mol. The second-order valence-electron chi connectivity index (χ2n) is 3.80. The zero-order chi connectivity index (χ0) is 13.1. The van der Waals surface area contributed by atoms with E-state index in [0.29, 0.717) is 10.0 Å². The van der Waals surface area contributed by atoms with Crippen LogP contribution in [0.2, 0.25) is 10.0 Å². The highest BCUT2D eigenvalue weighted by atomic mass is 79.9. The van der Waals surface area contributed by atoms with Crippen LogP contribution in [0.5, 0.6) is 0 Å². The highest BCUT2D eigenvalue weighted by Crippen LogP contribution is 2.35. The van der Waals surface area contributed by atoms with Crippen molar-refractivity contribution in [2.24, 2.45) is 0 Å². The molecule has 5 heteroatoms. The number of nitrogens with zero attached hydrogens (tertiary/aromatic N) is 1. The fourth-order valence-electron chi connectivity index (χ4n) is 1.63. The van der Waals surface area contributed by atoms with Crippen molar-refractivity contribution >= 4 is 55.1 Å². The van der Waals surface area contributed by atoms with Crippen LogP contribution in [-0.2, 0) is 6.42 Å². The molecule has 0 fully saturated rings. The molecule has 0 aliphatic carbocycles. The van der Waals surface area contributed by atoms with Crippen LogP contribution in [0, 0.1) is 0 Å². The van der Waals surface area contributed by atoms with Crippen LogP contribution in [-0.4, -0.2) is 4.98 Å². The van der Waals surface area contributed by atoms with Crippen LogP contribution in [0.3, 0.4) is 0 Å². The molecule has 0 spiro atoms. The Kier molecular flexibility index (Phi) is 5.07. The van der Waals surface area contributed by atoms with Gasteiger partial charge in [0.15, 0.2) is 0 Å². The Labute approximate surface area is 133 Å². The number of alkyl halides is 1. The molecule has 1 aromatic carbocycles. The Morgan fingerprint density at radius 1 is 1.22 bits per heavy atom. The third kappa shape index (κ3) is 3.47. The second-order valence-corrected chi connectivity index (χ2v) is 6.61. The summed E-state index contributed by atoms with van der Waals surface area (Å²) < 4.78 is 0.988. The first-order chi connectivity index (χ1) is 8.58. The normalized spacial score (nSPS) is 12.4. The number of benzene rings is 1. The Balaban J connectivity index is 2.22. The third-order valence-corrected chi connectivity index (χ3v) is 4.63. The molecule has 1 heterocycles. The molecule has 2 rings (SSSR count). The fourth-order valence-corrected chi connectivity index (χ4v) is 3.84. The zero-order valence-electron chi connectivity index (χ0n) is 9.21. The lowest BCUT2D eigenvalue weighted by Gasteiger charge is -2.13. The molecular weight excluding hydrogens is 401 g/mol. The van der Waals surface area contributed by atoms with Gasteiger partial charge in [-0.3, -0.25) is 4.98 Å². The largest absolute Gasteiger partial charge is 0.263 e. The average molecular weight is 410 g/mol. The first kappa shape index (κ1) is 14.3. The second kappa shape index (κ2) is 6.38. The van der Waals surface area contributed by atoms with Crippen LogP contribution in [0.25, 0.3) is 0 Å². The van der Waals surface area contributed by atoms with Crippen molar-refractivity contribution in [1.82, 2.24) is 4.98 Å². The van der Waals surface area contributed by atoms with E-state index in [1.165, 1.54) is 0 Å². The van der Waals surface area contributed by atoms with Crippen molar-refractivity contribution in [3.05, 3.63) is 62.3 Å². The van der Waals surface area contributed by atoms with Gasteiger partial charge in [-0.2, -0.15) is 0 Å². The van der Waals surface area contributed by atoms with Gasteiger partial charge in [0.05, 0.1) is 5.02 Å². The highest BCUT2D eigenvalue weighted by Gasteiger charge is 2.13. The van der Waals surface area contributed by atoms with E-state index in [4.69, 9.17) is 23.2 Å². The molecular formula is C13H9Br2Cl2N. The summed E-state index contributed by atoms with van der Waals surface area (Å²) in [6.45, 7) is 0. The molecule has 1 aromatic heterocycles. The summed E-state index contributed by atoms with van der Waals surface area (Å²) in [4.78, 5) is 4.15. The van der Waals surface area contributed by atoms with E-state index < -0.39 is 0 Å². The van der Waals surface area contributed by atoms with Gasteiger partial charge < -0.3 is 0 Å². The summed E-state index contributed by atoms with van der Waals surface area (Å²) in [7, 11) is 0. The molecule has 0 amide bonds. The Hall–Kier alpha value is -0.0900. The molecule has 0 saturated heterocycles. The molecule has 0 saturated carbocycles. The predicted octanol–water partition coefficient (Wildman–Crippen LogP) is 5.83. The molecule has 0 N–H and O–H groups in total. The van der Waals surface area contributed by atoms with Crippen molar-refractivity contribution in [3.8, 4) is 0 Å². The van der Waals surface area contributed by atoms with E-state index >= 15 is 0 Å². The molecule has 18 heavy (non-hydrogen) atoms. The Bertz CT molecular complexity index is 560. The van der Waals surface area contributed by atoms with E-state index in [9.17, 15) is 0 Å². The maximum Gasteiger partial charge on any atom is 0.0621 e. The van der Waals surface area contributed by atoms with Gasteiger partial charge in [0.25, 0.3) is 0 Å². The summed E-state index contributed by atoms with van der Waals surface area (Å²) in [6.07, 6.45) is 4.20. The summed E-state index contributed by atoms with van der Waals surface area (Å²) in [5.41, 5.74) is 2.21. The Morgan fingerprint density at radius 3 is 2.67 bits per heavy atom. The van der Waals surface area contributed by atoms with Gasteiger partial charge in [0.2, 0.25) is 0 Å². The minimum Gasteiger partial charge on any atom is -0.263 e. The number of aromatic nitrogens is 1. The van der Waals surface area contributed by atoms with E-state index in [1.807, 2.05) is 24.3 Å². The topological polar surface area (TPSA) is 12.9 Å². The average Bonchev–Trinajstić information content (AvgIpc) is 2.32. The summed E-state index contributed by atoms with van der Waals surface area (Å²) in [5, 5.41) is 1.40. The molecule has 2 aromatic rings. The lowest BCUT2D eigenvalue weighted by molar-refractivity contribution is 0.939. The molecule has 1 nitrogen and oxygen atoms in total. The number of pyridine rings is 1. The van der Waals surface area contributed by atoms with E-state index in [1.54, 1.807) is 12.4 Å². The van der Waals surface area contributed by atoms with Crippen LogP contribution in [0.15, 0.2) is 41.1 Å². The van der Waals surface area contributed by atoms with Crippen LogP contribution < -0.4 is 0 Å². The maximum atomic E-state index is 6.10. The number of hydrogen-bond acceptors (Lipinski definition) is 1. The molecule has 1 atom stereocenters. The van der Waals surface area contributed by atoms with Gasteiger partial charge in [-0.25, -0.2) is 0 Å². The summed E-state index contributed by atoms with van der Waals surface area (Å²) in [5.74, 6) is 0. The number of hydrogen-bond donors (Lipinski definition) is 0. The molecule has 0 aliphatic rings. The summed E-state index contributed by atoms with van der Waals surface area (Å²) in [6, 6.07) is 7.70. The molecule has 1 unspecified atom stereocenters. The van der Waals surface area contributed by atoms with Crippen LogP contribution in [0.4, 0.5) is 0 Å². The van der Waals surface area contributed by atoms with E-state index in [-0.39, 0.29) is 4.83 Å². The first-order valence-electron chi connectivity index (χ1n) is 5.25. The van der Waals surface area contributed by atoms with E-state index in [0.717, 1.165) is 22.0 Å². The van der Waals surface area contributed by atoms with E-state index in [2.05, 4.69) is 36.8 Å². The lowest BCUT2D eigenvalue weighted by atomic mass is 10.1. The zero-order valence-corrected chi connectivity index (χ0v) is 13.9. The molecule has 0 aliphatic heterocycles. The number of halogens is 4. The molecule has 0 bridgehead atoms. The number of rotatable bonds is 3.